The Kier molecular flexibility index (Phi) is 4.01. The molecule has 0 aliphatic carbocycles. The van der Waals surface area contributed by atoms with E-state index >= 15 is 0 Å². The molecule has 1 heterocycles. The zero-order valence-electron chi connectivity index (χ0n) is 9.47. The van der Waals surface area contributed by atoms with Crippen LogP contribution in [0.2, 0.25) is 10.3 Å². The highest BCUT2D eigenvalue weighted by molar-refractivity contribution is 6.33. The first-order chi connectivity index (χ1) is 9.25. The van der Waals surface area contributed by atoms with E-state index in [2.05, 4.69) is 15.3 Å². The Morgan fingerprint density at radius 3 is 2.15 bits per heavy atom. The van der Waals surface area contributed by atoms with E-state index in [9.17, 15) is 17.6 Å². The number of aromatic nitrogens is 2. The van der Waals surface area contributed by atoms with Gasteiger partial charge in [-0.15, -0.1) is 0 Å². The molecule has 2 aromatic rings. The minimum atomic E-state index is -4.80. The Labute approximate surface area is 120 Å². The fraction of sp³-hybridized carbons (Fsp3) is 0.0909. The van der Waals surface area contributed by atoms with Gasteiger partial charge in [-0.05, 0) is 18.2 Å². The Balaban J connectivity index is 2.35. The van der Waals surface area contributed by atoms with Crippen LogP contribution in [0, 0.1) is 5.82 Å². The number of anilines is 2. The van der Waals surface area contributed by atoms with Crippen LogP contribution >= 0.6 is 23.2 Å². The molecule has 3 nitrogen and oxygen atoms in total. The molecule has 0 radical (unpaired) electrons. The van der Waals surface area contributed by atoms with Crippen molar-refractivity contribution in [3.63, 3.8) is 0 Å². The molecule has 0 fully saturated rings. The van der Waals surface area contributed by atoms with E-state index in [0.29, 0.717) is 12.1 Å². The average Bonchev–Trinajstić information content (AvgIpc) is 2.29. The van der Waals surface area contributed by atoms with Gasteiger partial charge >= 0.3 is 6.18 Å². The second-order valence-electron chi connectivity index (χ2n) is 3.65. The standard InChI is InChI=1S/C11H5Cl2F4N3/c12-8-4-9(13)20-10(19-8)18-5-1-2-7(14)6(3-5)11(15,16)17/h1-4H,(H,18,19,20). The molecule has 1 aromatic carbocycles. The number of nitrogens with zero attached hydrogens (tertiary/aromatic N) is 2. The van der Waals surface area contributed by atoms with Crippen LogP contribution in [0.15, 0.2) is 24.3 Å². The van der Waals surface area contributed by atoms with Gasteiger partial charge in [0, 0.05) is 11.8 Å². The van der Waals surface area contributed by atoms with Crippen molar-refractivity contribution in [2.24, 2.45) is 0 Å². The second kappa shape index (κ2) is 5.41. The monoisotopic (exact) mass is 325 g/mol. The predicted molar refractivity (Wildman–Crippen MR) is 66.7 cm³/mol. The highest BCUT2D eigenvalue weighted by Crippen LogP contribution is 2.33. The van der Waals surface area contributed by atoms with Crippen LogP contribution in [0.25, 0.3) is 0 Å². The highest BCUT2D eigenvalue weighted by atomic mass is 35.5. The van der Waals surface area contributed by atoms with Gasteiger partial charge in [-0.25, -0.2) is 14.4 Å². The van der Waals surface area contributed by atoms with E-state index < -0.39 is 17.6 Å². The van der Waals surface area contributed by atoms with Gasteiger partial charge in [0.05, 0.1) is 5.56 Å². The lowest BCUT2D eigenvalue weighted by atomic mass is 10.2. The summed E-state index contributed by atoms with van der Waals surface area (Å²) < 4.78 is 50.8. The van der Waals surface area contributed by atoms with Crippen LogP contribution in [0.3, 0.4) is 0 Å². The number of benzene rings is 1. The van der Waals surface area contributed by atoms with Crippen molar-refractivity contribution in [2.75, 3.05) is 5.32 Å². The summed E-state index contributed by atoms with van der Waals surface area (Å²) in [5.41, 5.74) is -1.44. The minimum absolute atomic E-state index is 0.0191. The van der Waals surface area contributed by atoms with Crippen LogP contribution in [-0.4, -0.2) is 9.97 Å². The zero-order chi connectivity index (χ0) is 14.9. The maximum absolute atomic E-state index is 13.1. The molecule has 1 aromatic heterocycles. The highest BCUT2D eigenvalue weighted by Gasteiger charge is 2.34. The number of rotatable bonds is 2. The Hall–Kier alpha value is -1.60. The molecule has 20 heavy (non-hydrogen) atoms. The molecular weight excluding hydrogens is 321 g/mol. The lowest BCUT2D eigenvalue weighted by Crippen LogP contribution is -2.09. The van der Waals surface area contributed by atoms with Gasteiger partial charge in [-0.1, -0.05) is 23.2 Å². The fourth-order valence-corrected chi connectivity index (χ4v) is 1.82. The number of hydrogen-bond donors (Lipinski definition) is 1. The molecule has 0 unspecified atom stereocenters. The summed E-state index contributed by atoms with van der Waals surface area (Å²) in [4.78, 5) is 7.45. The van der Waals surface area contributed by atoms with Gasteiger partial charge in [0.2, 0.25) is 5.95 Å². The van der Waals surface area contributed by atoms with Crippen molar-refractivity contribution < 1.29 is 17.6 Å². The van der Waals surface area contributed by atoms with Crippen LogP contribution in [0.4, 0.5) is 29.2 Å². The summed E-state index contributed by atoms with van der Waals surface area (Å²) in [5, 5.41) is 2.51. The van der Waals surface area contributed by atoms with Gasteiger partial charge in [0.25, 0.3) is 0 Å². The predicted octanol–water partition coefficient (Wildman–Crippen LogP) is 4.68. The molecule has 0 saturated heterocycles. The molecular formula is C11H5Cl2F4N3. The average molecular weight is 326 g/mol. The van der Waals surface area contributed by atoms with Crippen molar-refractivity contribution in [2.45, 2.75) is 6.18 Å². The van der Waals surface area contributed by atoms with Gasteiger partial charge < -0.3 is 5.32 Å². The van der Waals surface area contributed by atoms with E-state index in [-0.39, 0.29) is 21.9 Å². The van der Waals surface area contributed by atoms with Crippen LogP contribution in [-0.2, 0) is 6.18 Å². The molecule has 2 rings (SSSR count). The van der Waals surface area contributed by atoms with Gasteiger partial charge in [0.15, 0.2) is 0 Å². The number of nitrogens with one attached hydrogen (secondary N) is 1. The van der Waals surface area contributed by atoms with Gasteiger partial charge in [0.1, 0.15) is 16.1 Å². The van der Waals surface area contributed by atoms with Crippen LogP contribution in [0.1, 0.15) is 5.56 Å². The van der Waals surface area contributed by atoms with Crippen molar-refractivity contribution >= 4 is 34.8 Å². The lowest BCUT2D eigenvalue weighted by molar-refractivity contribution is -0.139. The molecule has 9 heteroatoms. The normalized spacial score (nSPS) is 11.5. The van der Waals surface area contributed by atoms with Crippen molar-refractivity contribution in [1.82, 2.24) is 9.97 Å². The molecule has 1 N–H and O–H groups in total. The number of hydrogen-bond acceptors (Lipinski definition) is 3. The Bertz CT molecular complexity index is 626. The second-order valence-corrected chi connectivity index (χ2v) is 4.43. The summed E-state index contributed by atoms with van der Waals surface area (Å²) in [5.74, 6) is -1.46. The SMILES string of the molecule is Fc1ccc(Nc2nc(Cl)cc(Cl)n2)cc1C(F)(F)F. The fourth-order valence-electron chi connectivity index (χ4n) is 1.40. The largest absolute Gasteiger partial charge is 0.419 e. The molecule has 0 amide bonds. The molecule has 0 aliphatic rings. The molecule has 0 atom stereocenters. The zero-order valence-corrected chi connectivity index (χ0v) is 11.0. The minimum Gasteiger partial charge on any atom is -0.324 e. The van der Waals surface area contributed by atoms with Gasteiger partial charge in [-0.2, -0.15) is 13.2 Å². The van der Waals surface area contributed by atoms with Crippen LogP contribution < -0.4 is 5.32 Å². The van der Waals surface area contributed by atoms with Gasteiger partial charge in [-0.3, -0.25) is 0 Å². The third-order valence-corrected chi connectivity index (χ3v) is 2.58. The van der Waals surface area contributed by atoms with E-state index in [0.717, 1.165) is 6.07 Å². The van der Waals surface area contributed by atoms with Crippen molar-refractivity contribution in [3.05, 3.63) is 46.0 Å². The number of alkyl halides is 3. The maximum atomic E-state index is 13.1. The quantitative estimate of drug-likeness (QED) is 0.643. The first-order valence-electron chi connectivity index (χ1n) is 5.09. The van der Waals surface area contributed by atoms with E-state index in [1.807, 2.05) is 0 Å². The topological polar surface area (TPSA) is 37.8 Å². The van der Waals surface area contributed by atoms with Crippen molar-refractivity contribution in [3.8, 4) is 0 Å². The summed E-state index contributed by atoms with van der Waals surface area (Å²) in [6.45, 7) is 0. The lowest BCUT2D eigenvalue weighted by Gasteiger charge is -2.11. The summed E-state index contributed by atoms with van der Waals surface area (Å²) in [6.07, 6.45) is -4.80. The van der Waals surface area contributed by atoms with Crippen LogP contribution in [0.5, 0.6) is 0 Å². The maximum Gasteiger partial charge on any atom is 0.419 e. The van der Waals surface area contributed by atoms with E-state index in [1.54, 1.807) is 0 Å². The summed E-state index contributed by atoms with van der Waals surface area (Å²) >= 11 is 11.3. The summed E-state index contributed by atoms with van der Waals surface area (Å²) in [7, 11) is 0. The summed E-state index contributed by atoms with van der Waals surface area (Å²) in [6, 6.07) is 3.67. The Morgan fingerprint density at radius 2 is 1.60 bits per heavy atom. The Morgan fingerprint density at radius 1 is 1.00 bits per heavy atom. The van der Waals surface area contributed by atoms with E-state index in [4.69, 9.17) is 23.2 Å². The molecule has 0 aliphatic heterocycles. The number of halogens is 6. The molecule has 0 bridgehead atoms. The van der Waals surface area contributed by atoms with E-state index in [1.165, 1.54) is 6.07 Å². The third-order valence-electron chi connectivity index (χ3n) is 2.19. The third kappa shape index (κ3) is 3.49. The first kappa shape index (κ1) is 14.8. The molecule has 0 spiro atoms. The smallest absolute Gasteiger partial charge is 0.324 e. The molecule has 0 saturated carbocycles. The molecule has 106 valence electrons. The van der Waals surface area contributed by atoms with Crippen molar-refractivity contribution in [1.29, 1.82) is 0 Å². The first-order valence-corrected chi connectivity index (χ1v) is 5.85.